The second-order valence-corrected chi connectivity index (χ2v) is 6.07. The minimum atomic E-state index is -0.709. The smallest absolute Gasteiger partial charge is 0.142 e. The lowest BCUT2D eigenvalue weighted by Crippen LogP contribution is -2.04. The van der Waals surface area contributed by atoms with Gasteiger partial charge in [-0.25, -0.2) is 4.39 Å². The lowest BCUT2D eigenvalue weighted by Gasteiger charge is -2.15. The van der Waals surface area contributed by atoms with Gasteiger partial charge in [0.1, 0.15) is 5.82 Å². The van der Waals surface area contributed by atoms with Crippen molar-refractivity contribution in [3.8, 4) is 0 Å². The first kappa shape index (κ1) is 15.5. The summed E-state index contributed by atoms with van der Waals surface area (Å²) >= 11 is 9.42. The molecule has 0 fully saturated rings. The summed E-state index contributed by atoms with van der Waals surface area (Å²) in [7, 11) is 0. The van der Waals surface area contributed by atoms with Gasteiger partial charge in [0.2, 0.25) is 0 Å². The van der Waals surface area contributed by atoms with Crippen molar-refractivity contribution >= 4 is 27.5 Å². The van der Waals surface area contributed by atoms with Crippen LogP contribution in [0.3, 0.4) is 0 Å². The second kappa shape index (κ2) is 6.25. The Hall–Kier alpha value is -0.900. The number of hydrogen-bond donors (Lipinski definition) is 1. The fourth-order valence-corrected chi connectivity index (χ4v) is 2.64. The molecule has 2 rings (SSSR count). The van der Waals surface area contributed by atoms with E-state index in [0.717, 1.165) is 21.2 Å². The molecule has 2 aromatic rings. The Morgan fingerprint density at radius 2 is 1.85 bits per heavy atom. The molecule has 4 heteroatoms. The quantitative estimate of drug-likeness (QED) is 0.807. The highest BCUT2D eigenvalue weighted by Gasteiger charge is 2.14. The van der Waals surface area contributed by atoms with E-state index in [-0.39, 0.29) is 11.4 Å². The lowest BCUT2D eigenvalue weighted by atomic mass is 9.98. The number of rotatable bonds is 3. The summed E-state index contributed by atoms with van der Waals surface area (Å²) in [6.07, 6.45) is -0.420. The number of aliphatic hydroxyl groups is 1. The number of halogens is 3. The van der Waals surface area contributed by atoms with Crippen molar-refractivity contribution in [2.24, 2.45) is 0 Å². The van der Waals surface area contributed by atoms with Crippen molar-refractivity contribution in [2.75, 3.05) is 0 Å². The standard InChI is InChI=1S/C16H15BrClFO/c1-9-6-12(7-10(2)15(9)17)14(20)8-11-4-3-5-13(19)16(11)18/h3-7,14,20H,8H2,1-2H3. The molecule has 0 saturated carbocycles. The van der Waals surface area contributed by atoms with E-state index < -0.39 is 11.9 Å². The minimum Gasteiger partial charge on any atom is -0.388 e. The molecule has 1 N–H and O–H groups in total. The van der Waals surface area contributed by atoms with E-state index >= 15 is 0 Å². The largest absolute Gasteiger partial charge is 0.388 e. The third-order valence-corrected chi connectivity index (χ3v) is 4.96. The summed E-state index contributed by atoms with van der Waals surface area (Å²) in [5.74, 6) is -0.459. The number of hydrogen-bond acceptors (Lipinski definition) is 1. The molecule has 0 heterocycles. The van der Waals surface area contributed by atoms with Gasteiger partial charge in [0.25, 0.3) is 0 Å². The molecule has 0 spiro atoms. The first-order valence-electron chi connectivity index (χ1n) is 6.27. The van der Waals surface area contributed by atoms with E-state index in [1.165, 1.54) is 6.07 Å². The zero-order valence-corrected chi connectivity index (χ0v) is 13.6. The second-order valence-electron chi connectivity index (χ2n) is 4.90. The van der Waals surface area contributed by atoms with E-state index in [1.54, 1.807) is 12.1 Å². The summed E-state index contributed by atoms with van der Waals surface area (Å²) < 4.78 is 14.4. The van der Waals surface area contributed by atoms with Crippen LogP contribution in [0.4, 0.5) is 4.39 Å². The average molecular weight is 358 g/mol. The fraction of sp³-hybridized carbons (Fsp3) is 0.250. The van der Waals surface area contributed by atoms with Gasteiger partial charge in [-0.15, -0.1) is 0 Å². The third kappa shape index (κ3) is 3.22. The molecule has 20 heavy (non-hydrogen) atoms. The van der Waals surface area contributed by atoms with Crippen LogP contribution >= 0.6 is 27.5 Å². The van der Waals surface area contributed by atoms with Crippen molar-refractivity contribution in [1.29, 1.82) is 0 Å². The van der Waals surface area contributed by atoms with Gasteiger partial charge in [-0.1, -0.05) is 51.8 Å². The van der Waals surface area contributed by atoms with Crippen molar-refractivity contribution in [1.82, 2.24) is 0 Å². The van der Waals surface area contributed by atoms with Gasteiger partial charge < -0.3 is 5.11 Å². The average Bonchev–Trinajstić information content (AvgIpc) is 2.40. The molecule has 0 aliphatic rings. The van der Waals surface area contributed by atoms with Gasteiger partial charge >= 0.3 is 0 Å². The molecule has 0 aromatic heterocycles. The van der Waals surface area contributed by atoms with E-state index in [2.05, 4.69) is 15.9 Å². The SMILES string of the molecule is Cc1cc(C(O)Cc2cccc(F)c2Cl)cc(C)c1Br. The summed E-state index contributed by atoms with van der Waals surface area (Å²) in [6.45, 7) is 3.95. The van der Waals surface area contributed by atoms with Crippen LogP contribution in [0.2, 0.25) is 5.02 Å². The molecule has 1 atom stereocenters. The first-order valence-corrected chi connectivity index (χ1v) is 7.45. The normalized spacial score (nSPS) is 12.5. The first-order chi connectivity index (χ1) is 9.40. The van der Waals surface area contributed by atoms with Gasteiger partial charge in [0, 0.05) is 10.9 Å². The van der Waals surface area contributed by atoms with Crippen molar-refractivity contribution < 1.29 is 9.50 Å². The molecule has 1 unspecified atom stereocenters. The Kier molecular flexibility index (Phi) is 4.84. The molecule has 106 valence electrons. The summed E-state index contributed by atoms with van der Waals surface area (Å²) in [4.78, 5) is 0. The Morgan fingerprint density at radius 1 is 1.25 bits per heavy atom. The van der Waals surface area contributed by atoms with Crippen molar-refractivity contribution in [2.45, 2.75) is 26.4 Å². The molecule has 0 bridgehead atoms. The molecular weight excluding hydrogens is 343 g/mol. The van der Waals surface area contributed by atoms with Gasteiger partial charge in [-0.3, -0.25) is 0 Å². The van der Waals surface area contributed by atoms with Crippen LogP contribution in [-0.4, -0.2) is 5.11 Å². The van der Waals surface area contributed by atoms with Crippen LogP contribution in [0.5, 0.6) is 0 Å². The Labute approximate surface area is 131 Å². The van der Waals surface area contributed by atoms with Crippen LogP contribution < -0.4 is 0 Å². The van der Waals surface area contributed by atoms with E-state index in [1.807, 2.05) is 26.0 Å². The van der Waals surface area contributed by atoms with E-state index in [4.69, 9.17) is 11.6 Å². The summed E-state index contributed by atoms with van der Waals surface area (Å²) in [6, 6.07) is 8.49. The Bertz CT molecular complexity index is 619. The van der Waals surface area contributed by atoms with E-state index in [9.17, 15) is 9.50 Å². The Balaban J connectivity index is 2.28. The lowest BCUT2D eigenvalue weighted by molar-refractivity contribution is 0.178. The summed E-state index contributed by atoms with van der Waals surface area (Å²) in [5, 5.41) is 10.4. The molecule has 0 saturated heterocycles. The van der Waals surface area contributed by atoms with E-state index in [0.29, 0.717) is 5.56 Å². The number of aryl methyl sites for hydroxylation is 2. The highest BCUT2D eigenvalue weighted by molar-refractivity contribution is 9.10. The van der Waals surface area contributed by atoms with Gasteiger partial charge in [-0.2, -0.15) is 0 Å². The summed E-state index contributed by atoms with van der Waals surface area (Å²) in [5.41, 5.74) is 3.54. The highest BCUT2D eigenvalue weighted by atomic mass is 79.9. The van der Waals surface area contributed by atoms with Gasteiger partial charge in [-0.05, 0) is 42.2 Å². The Morgan fingerprint density at radius 3 is 2.45 bits per heavy atom. The number of aliphatic hydroxyl groups excluding tert-OH is 1. The van der Waals surface area contributed by atoms with Crippen molar-refractivity contribution in [3.05, 3.63) is 67.9 Å². The molecule has 0 radical (unpaired) electrons. The zero-order valence-electron chi connectivity index (χ0n) is 11.3. The monoisotopic (exact) mass is 356 g/mol. The predicted octanol–water partition coefficient (Wildman–Crippen LogP) is 5.13. The molecule has 0 amide bonds. The van der Waals surface area contributed by atoms with Crippen LogP contribution in [-0.2, 0) is 6.42 Å². The molecular formula is C16H15BrClFO. The molecule has 0 aliphatic heterocycles. The third-order valence-electron chi connectivity index (χ3n) is 3.29. The fourth-order valence-electron chi connectivity index (χ4n) is 2.20. The van der Waals surface area contributed by atoms with Gasteiger partial charge in [0.05, 0.1) is 11.1 Å². The highest BCUT2D eigenvalue weighted by Crippen LogP contribution is 2.29. The predicted molar refractivity (Wildman–Crippen MR) is 83.7 cm³/mol. The van der Waals surface area contributed by atoms with Crippen LogP contribution in [0.1, 0.15) is 28.4 Å². The molecule has 2 aromatic carbocycles. The minimum absolute atomic E-state index is 0.0807. The molecule has 1 nitrogen and oxygen atoms in total. The number of benzene rings is 2. The van der Waals surface area contributed by atoms with Crippen LogP contribution in [0.15, 0.2) is 34.8 Å². The topological polar surface area (TPSA) is 20.2 Å². The zero-order chi connectivity index (χ0) is 14.9. The van der Waals surface area contributed by atoms with Crippen molar-refractivity contribution in [3.63, 3.8) is 0 Å². The maximum Gasteiger partial charge on any atom is 0.142 e. The van der Waals surface area contributed by atoms with Crippen LogP contribution in [0.25, 0.3) is 0 Å². The molecule has 0 aliphatic carbocycles. The van der Waals surface area contributed by atoms with Gasteiger partial charge in [0.15, 0.2) is 0 Å². The maximum absolute atomic E-state index is 13.4. The van der Waals surface area contributed by atoms with Crippen LogP contribution in [0, 0.1) is 19.7 Å². The maximum atomic E-state index is 13.4.